The van der Waals surface area contributed by atoms with Gasteiger partial charge in [-0.15, -0.1) is 0 Å². The first-order valence-corrected chi connectivity index (χ1v) is 6.28. The van der Waals surface area contributed by atoms with E-state index in [4.69, 9.17) is 0 Å². The summed E-state index contributed by atoms with van der Waals surface area (Å²) in [4.78, 5) is 33.9. The van der Waals surface area contributed by atoms with Crippen LogP contribution in [0.4, 0.5) is 0 Å². The second-order valence-corrected chi connectivity index (χ2v) is 4.58. The molecule has 0 atom stereocenters. The molecule has 18 heavy (non-hydrogen) atoms. The molecule has 0 N–H and O–H groups in total. The maximum atomic E-state index is 11.6. The highest BCUT2D eigenvalue weighted by Gasteiger charge is 2.18. The van der Waals surface area contributed by atoms with Gasteiger partial charge in [0.15, 0.2) is 0 Å². The van der Waals surface area contributed by atoms with Gasteiger partial charge in [-0.25, -0.2) is 4.79 Å². The number of esters is 1. The van der Waals surface area contributed by atoms with E-state index in [0.717, 1.165) is 10.0 Å². The van der Waals surface area contributed by atoms with Crippen molar-refractivity contribution in [1.29, 1.82) is 0 Å². The molecule has 5 heteroatoms. The van der Waals surface area contributed by atoms with Crippen molar-refractivity contribution in [3.05, 3.63) is 34.3 Å². The van der Waals surface area contributed by atoms with Crippen molar-refractivity contribution in [3.8, 4) is 0 Å². The van der Waals surface area contributed by atoms with Gasteiger partial charge in [0.1, 0.15) is 5.78 Å². The molecule has 1 rings (SSSR count). The summed E-state index contributed by atoms with van der Waals surface area (Å²) in [6.45, 7) is 1.74. The lowest BCUT2D eigenvalue weighted by atomic mass is 10.1. The third-order valence-corrected chi connectivity index (χ3v) is 2.64. The number of carbonyl (C=O) groups excluding carboxylic acids is 3. The molecular weight excluding hydrogens is 300 g/mol. The molecule has 4 nitrogen and oxygen atoms in total. The lowest BCUT2D eigenvalue weighted by molar-refractivity contribution is -0.154. The Bertz CT molecular complexity index is 468. The fourth-order valence-corrected chi connectivity index (χ4v) is 1.85. The SMILES string of the molecule is CCOC(=O)C(=O)CC(=O)Cc1cccc(Br)c1. The first kappa shape index (κ1) is 14.6. The number of Topliss-reactive ketones (excluding diaryl/α,β-unsaturated/α-hetero) is 2. The van der Waals surface area contributed by atoms with Gasteiger partial charge in [-0.1, -0.05) is 28.1 Å². The molecule has 0 aliphatic heterocycles. The van der Waals surface area contributed by atoms with Crippen molar-refractivity contribution in [2.75, 3.05) is 6.61 Å². The van der Waals surface area contributed by atoms with Crippen molar-refractivity contribution in [3.63, 3.8) is 0 Å². The Morgan fingerprint density at radius 2 is 2.00 bits per heavy atom. The lowest BCUT2D eigenvalue weighted by Crippen LogP contribution is -2.21. The predicted molar refractivity (Wildman–Crippen MR) is 69.1 cm³/mol. The van der Waals surface area contributed by atoms with Crippen LogP contribution in [0, 0.1) is 0 Å². The normalized spacial score (nSPS) is 9.89. The quantitative estimate of drug-likeness (QED) is 0.458. The van der Waals surface area contributed by atoms with Crippen LogP contribution in [-0.2, 0) is 25.5 Å². The van der Waals surface area contributed by atoms with E-state index in [2.05, 4.69) is 20.7 Å². The zero-order valence-corrected chi connectivity index (χ0v) is 11.5. The second-order valence-electron chi connectivity index (χ2n) is 3.67. The topological polar surface area (TPSA) is 60.4 Å². The van der Waals surface area contributed by atoms with Gasteiger partial charge in [0.05, 0.1) is 13.0 Å². The van der Waals surface area contributed by atoms with Crippen LogP contribution < -0.4 is 0 Å². The average Bonchev–Trinajstić information content (AvgIpc) is 2.28. The molecule has 0 aliphatic carbocycles. The van der Waals surface area contributed by atoms with Crippen LogP contribution in [0.5, 0.6) is 0 Å². The van der Waals surface area contributed by atoms with Crippen LogP contribution >= 0.6 is 15.9 Å². The molecule has 96 valence electrons. The summed E-state index contributed by atoms with van der Waals surface area (Å²) in [5.74, 6) is -2.04. The molecular formula is C13H13BrO4. The first-order valence-electron chi connectivity index (χ1n) is 5.49. The van der Waals surface area contributed by atoms with Crippen LogP contribution in [0.2, 0.25) is 0 Å². The van der Waals surface area contributed by atoms with Crippen molar-refractivity contribution in [2.24, 2.45) is 0 Å². The number of ether oxygens (including phenoxy) is 1. The Labute approximate surface area is 113 Å². The minimum absolute atomic E-state index is 0.129. The molecule has 0 bridgehead atoms. The van der Waals surface area contributed by atoms with Gasteiger partial charge in [-0.3, -0.25) is 9.59 Å². The first-order chi connectivity index (χ1) is 8.52. The Morgan fingerprint density at radius 1 is 1.28 bits per heavy atom. The monoisotopic (exact) mass is 312 g/mol. The van der Waals surface area contributed by atoms with E-state index < -0.39 is 18.2 Å². The molecule has 0 fully saturated rings. The third kappa shape index (κ3) is 4.79. The molecule has 0 aromatic heterocycles. The largest absolute Gasteiger partial charge is 0.460 e. The molecule has 0 spiro atoms. The smallest absolute Gasteiger partial charge is 0.375 e. The summed E-state index contributed by atoms with van der Waals surface area (Å²) in [6, 6.07) is 7.24. The fourth-order valence-electron chi connectivity index (χ4n) is 1.40. The van der Waals surface area contributed by atoms with E-state index in [1.807, 2.05) is 6.07 Å². The third-order valence-electron chi connectivity index (χ3n) is 2.15. The van der Waals surface area contributed by atoms with Gasteiger partial charge in [0.2, 0.25) is 5.78 Å². The van der Waals surface area contributed by atoms with Crippen molar-refractivity contribution >= 4 is 33.5 Å². The molecule has 1 aromatic rings. The number of halogens is 1. The van der Waals surface area contributed by atoms with Crippen LogP contribution in [0.25, 0.3) is 0 Å². The summed E-state index contributed by atoms with van der Waals surface area (Å²) < 4.78 is 5.39. The van der Waals surface area contributed by atoms with E-state index >= 15 is 0 Å². The Kier molecular flexibility index (Phi) is 5.71. The van der Waals surface area contributed by atoms with Gasteiger partial charge in [0, 0.05) is 10.9 Å². The Balaban J connectivity index is 2.52. The molecule has 0 saturated heterocycles. The Hall–Kier alpha value is -1.49. The maximum absolute atomic E-state index is 11.6. The summed E-state index contributed by atoms with van der Waals surface area (Å²) in [5, 5.41) is 0. The predicted octanol–water partition coefficient (Wildman–Crippen LogP) is 2.08. The van der Waals surface area contributed by atoms with E-state index in [1.165, 1.54) is 0 Å². The minimum atomic E-state index is -0.944. The Morgan fingerprint density at radius 3 is 2.61 bits per heavy atom. The molecule has 0 unspecified atom stereocenters. The molecule has 0 heterocycles. The number of ketones is 2. The van der Waals surface area contributed by atoms with Crippen molar-refractivity contribution in [1.82, 2.24) is 0 Å². The molecule has 1 aromatic carbocycles. The average molecular weight is 313 g/mol. The highest BCUT2D eigenvalue weighted by atomic mass is 79.9. The number of carbonyl (C=O) groups is 3. The van der Waals surface area contributed by atoms with Crippen LogP contribution in [-0.4, -0.2) is 24.1 Å². The summed E-state index contributed by atoms with van der Waals surface area (Å²) in [7, 11) is 0. The molecule has 0 saturated carbocycles. The van der Waals surface area contributed by atoms with E-state index in [0.29, 0.717) is 0 Å². The molecule has 0 radical (unpaired) electrons. The van der Waals surface area contributed by atoms with Crippen LogP contribution in [0.3, 0.4) is 0 Å². The van der Waals surface area contributed by atoms with Gasteiger partial charge in [-0.2, -0.15) is 0 Å². The summed E-state index contributed by atoms with van der Waals surface area (Å²) in [5.41, 5.74) is 0.797. The highest BCUT2D eigenvalue weighted by Crippen LogP contribution is 2.12. The van der Waals surface area contributed by atoms with Crippen LogP contribution in [0.15, 0.2) is 28.7 Å². The van der Waals surface area contributed by atoms with Gasteiger partial charge < -0.3 is 4.74 Å². The highest BCUT2D eigenvalue weighted by molar-refractivity contribution is 9.10. The van der Waals surface area contributed by atoms with E-state index in [-0.39, 0.29) is 18.8 Å². The summed E-state index contributed by atoms with van der Waals surface area (Å²) in [6.07, 6.45) is -0.282. The van der Waals surface area contributed by atoms with Crippen molar-refractivity contribution < 1.29 is 19.1 Å². The standard InChI is InChI=1S/C13H13BrO4/c1-2-18-13(17)12(16)8-11(15)7-9-4-3-5-10(14)6-9/h3-6H,2,7-8H2,1H3. The number of hydrogen-bond acceptors (Lipinski definition) is 4. The molecule has 0 aliphatic rings. The van der Waals surface area contributed by atoms with E-state index in [1.54, 1.807) is 25.1 Å². The van der Waals surface area contributed by atoms with Gasteiger partial charge in [0.25, 0.3) is 0 Å². The van der Waals surface area contributed by atoms with Gasteiger partial charge >= 0.3 is 5.97 Å². The van der Waals surface area contributed by atoms with Gasteiger partial charge in [-0.05, 0) is 24.6 Å². The number of rotatable bonds is 6. The molecule has 0 amide bonds. The number of benzene rings is 1. The van der Waals surface area contributed by atoms with Crippen molar-refractivity contribution in [2.45, 2.75) is 19.8 Å². The van der Waals surface area contributed by atoms with Crippen LogP contribution in [0.1, 0.15) is 18.9 Å². The van der Waals surface area contributed by atoms with E-state index in [9.17, 15) is 14.4 Å². The zero-order valence-electron chi connectivity index (χ0n) is 9.94. The number of hydrogen-bond donors (Lipinski definition) is 0. The zero-order chi connectivity index (χ0) is 13.5. The maximum Gasteiger partial charge on any atom is 0.375 e. The lowest BCUT2D eigenvalue weighted by Gasteiger charge is -2.02. The second kappa shape index (κ2) is 7.06. The summed E-state index contributed by atoms with van der Waals surface area (Å²) >= 11 is 3.29. The fraction of sp³-hybridized carbons (Fsp3) is 0.308. The minimum Gasteiger partial charge on any atom is -0.460 e.